The van der Waals surface area contributed by atoms with Crippen molar-refractivity contribution in [1.82, 2.24) is 14.9 Å². The Balaban J connectivity index is 1.50. The van der Waals surface area contributed by atoms with E-state index in [4.69, 9.17) is 13.9 Å². The molecule has 4 aromatic rings. The van der Waals surface area contributed by atoms with Crippen molar-refractivity contribution < 1.29 is 23.1 Å². The van der Waals surface area contributed by atoms with Gasteiger partial charge in [-0.05, 0) is 42.0 Å². The highest BCUT2D eigenvalue weighted by Crippen LogP contribution is 2.30. The third kappa shape index (κ3) is 5.11. The van der Waals surface area contributed by atoms with Crippen molar-refractivity contribution >= 4 is 5.91 Å². The van der Waals surface area contributed by atoms with E-state index in [0.717, 1.165) is 5.56 Å². The van der Waals surface area contributed by atoms with Gasteiger partial charge in [0, 0.05) is 38.3 Å². The Morgan fingerprint density at radius 3 is 2.50 bits per heavy atom. The summed E-state index contributed by atoms with van der Waals surface area (Å²) in [5.74, 6) is 2.39. The summed E-state index contributed by atoms with van der Waals surface area (Å²) in [6, 6.07) is 14.8. The normalized spacial score (nSPS) is 11.8. The van der Waals surface area contributed by atoms with Crippen LogP contribution in [0.2, 0.25) is 0 Å². The fraction of sp³-hybridized carbons (Fsp3) is 0.231. The summed E-state index contributed by atoms with van der Waals surface area (Å²) in [4.78, 5) is 17.4. The van der Waals surface area contributed by atoms with Gasteiger partial charge in [0.05, 0.1) is 19.8 Å². The predicted molar refractivity (Wildman–Crippen MR) is 125 cm³/mol. The first kappa shape index (κ1) is 23.1. The van der Waals surface area contributed by atoms with Crippen LogP contribution in [0.5, 0.6) is 11.5 Å². The number of hydrogen-bond donors (Lipinski definition) is 1. The van der Waals surface area contributed by atoms with Crippen LogP contribution in [0.25, 0.3) is 11.3 Å². The van der Waals surface area contributed by atoms with Gasteiger partial charge in [0.15, 0.2) is 0 Å². The lowest BCUT2D eigenvalue weighted by molar-refractivity contribution is -0.121. The maximum atomic E-state index is 14.0. The number of nitrogens with one attached hydrogen (secondary N) is 1. The van der Waals surface area contributed by atoms with Gasteiger partial charge in [-0.3, -0.25) is 4.79 Å². The van der Waals surface area contributed by atoms with Gasteiger partial charge in [-0.2, -0.15) is 0 Å². The summed E-state index contributed by atoms with van der Waals surface area (Å²) in [6.45, 7) is 0. The van der Waals surface area contributed by atoms with Crippen LogP contribution in [0, 0.1) is 5.82 Å². The van der Waals surface area contributed by atoms with E-state index in [1.54, 1.807) is 56.8 Å². The predicted octanol–water partition coefficient (Wildman–Crippen LogP) is 4.67. The molecule has 0 spiro atoms. The Morgan fingerprint density at radius 2 is 1.85 bits per heavy atom. The van der Waals surface area contributed by atoms with Gasteiger partial charge in [0.2, 0.25) is 5.91 Å². The van der Waals surface area contributed by atoms with Gasteiger partial charge >= 0.3 is 0 Å². The molecule has 1 unspecified atom stereocenters. The topological polar surface area (TPSA) is 78.5 Å². The van der Waals surface area contributed by atoms with Gasteiger partial charge < -0.3 is 23.8 Å². The van der Waals surface area contributed by atoms with Crippen LogP contribution in [0.4, 0.5) is 4.39 Å². The van der Waals surface area contributed by atoms with Gasteiger partial charge in [0.1, 0.15) is 40.7 Å². The number of imidazole rings is 1. The minimum Gasteiger partial charge on any atom is -0.497 e. The molecule has 2 heterocycles. The molecule has 0 radical (unpaired) electrons. The van der Waals surface area contributed by atoms with Gasteiger partial charge in [-0.1, -0.05) is 12.1 Å². The molecule has 2 aromatic carbocycles. The summed E-state index contributed by atoms with van der Waals surface area (Å²) in [5.41, 5.74) is 1.17. The molecule has 8 heteroatoms. The summed E-state index contributed by atoms with van der Waals surface area (Å²) in [6.07, 6.45) is 4.05. The highest BCUT2D eigenvalue weighted by atomic mass is 19.1. The number of rotatable bonds is 9. The zero-order chi connectivity index (χ0) is 24.1. The summed E-state index contributed by atoms with van der Waals surface area (Å²) in [7, 11) is 5.02. The number of ether oxygens (including phenoxy) is 2. The van der Waals surface area contributed by atoms with E-state index in [1.807, 2.05) is 29.9 Å². The largest absolute Gasteiger partial charge is 0.497 e. The van der Waals surface area contributed by atoms with E-state index in [1.165, 1.54) is 6.07 Å². The lowest BCUT2D eigenvalue weighted by atomic mass is 10.0. The molecule has 1 amide bonds. The van der Waals surface area contributed by atoms with E-state index in [0.29, 0.717) is 40.8 Å². The van der Waals surface area contributed by atoms with Crippen molar-refractivity contribution in [2.75, 3.05) is 14.2 Å². The molecular weight excluding hydrogens is 437 g/mol. The maximum Gasteiger partial charge on any atom is 0.221 e. The summed E-state index contributed by atoms with van der Waals surface area (Å²) < 4.78 is 32.4. The minimum absolute atomic E-state index is 0.182. The molecule has 1 atom stereocenters. The van der Waals surface area contributed by atoms with Crippen LogP contribution in [0.3, 0.4) is 0 Å². The molecule has 176 valence electrons. The van der Waals surface area contributed by atoms with Gasteiger partial charge in [0.25, 0.3) is 0 Å². The average molecular weight is 464 g/mol. The second-order valence-corrected chi connectivity index (χ2v) is 7.79. The third-order valence-corrected chi connectivity index (χ3v) is 5.53. The minimum atomic E-state index is -0.512. The fourth-order valence-corrected chi connectivity index (χ4v) is 3.74. The molecule has 0 aliphatic rings. The molecule has 0 fully saturated rings. The molecule has 0 saturated heterocycles. The van der Waals surface area contributed by atoms with Crippen molar-refractivity contribution in [2.24, 2.45) is 7.05 Å². The zero-order valence-corrected chi connectivity index (χ0v) is 19.2. The third-order valence-electron chi connectivity index (χ3n) is 5.53. The first-order valence-electron chi connectivity index (χ1n) is 10.8. The standard InChI is InChI=1S/C26H26FN3O4/c1-30-13-12-28-26(30)25(17-14-19(32-2)16-20(15-17)33-3)29-24(31)11-9-18-8-10-23(34-18)21-6-4-5-7-22(21)27/h4-8,10,12-16,25H,9,11H2,1-3H3,(H,29,31). The van der Waals surface area contributed by atoms with Crippen molar-refractivity contribution in [3.8, 4) is 22.8 Å². The number of carbonyl (C=O) groups excluding carboxylic acids is 1. The number of halogens is 1. The zero-order valence-electron chi connectivity index (χ0n) is 19.2. The van der Waals surface area contributed by atoms with Crippen molar-refractivity contribution in [3.05, 3.63) is 90.0 Å². The first-order chi connectivity index (χ1) is 16.5. The number of hydrogen-bond acceptors (Lipinski definition) is 5. The summed E-state index contributed by atoms with van der Waals surface area (Å²) >= 11 is 0. The number of nitrogens with zero attached hydrogens (tertiary/aromatic N) is 2. The Labute approximate surface area is 197 Å². The Morgan fingerprint density at radius 1 is 1.12 bits per heavy atom. The van der Waals surface area contributed by atoms with Crippen molar-refractivity contribution in [1.29, 1.82) is 0 Å². The molecule has 34 heavy (non-hydrogen) atoms. The van der Waals surface area contributed by atoms with Gasteiger partial charge in [-0.25, -0.2) is 9.37 Å². The molecule has 4 rings (SSSR count). The average Bonchev–Trinajstić information content (AvgIpc) is 3.50. The van der Waals surface area contributed by atoms with Crippen LogP contribution in [-0.2, 0) is 18.3 Å². The van der Waals surface area contributed by atoms with E-state index in [-0.39, 0.29) is 18.1 Å². The van der Waals surface area contributed by atoms with Crippen molar-refractivity contribution in [2.45, 2.75) is 18.9 Å². The van der Waals surface area contributed by atoms with E-state index >= 15 is 0 Å². The number of methoxy groups -OCH3 is 2. The van der Waals surface area contributed by atoms with Crippen LogP contribution < -0.4 is 14.8 Å². The lowest BCUT2D eigenvalue weighted by Gasteiger charge is -2.20. The number of amides is 1. The number of benzene rings is 2. The second-order valence-electron chi connectivity index (χ2n) is 7.79. The van der Waals surface area contributed by atoms with Gasteiger partial charge in [-0.15, -0.1) is 0 Å². The maximum absolute atomic E-state index is 14.0. The molecule has 2 aromatic heterocycles. The molecule has 0 saturated carbocycles. The van der Waals surface area contributed by atoms with Crippen LogP contribution in [0.1, 0.15) is 29.6 Å². The number of aromatic nitrogens is 2. The quantitative estimate of drug-likeness (QED) is 0.390. The fourth-order valence-electron chi connectivity index (χ4n) is 3.74. The molecule has 1 N–H and O–H groups in total. The monoisotopic (exact) mass is 463 g/mol. The van der Waals surface area contributed by atoms with Crippen molar-refractivity contribution in [3.63, 3.8) is 0 Å². The molecule has 7 nitrogen and oxygen atoms in total. The summed E-state index contributed by atoms with van der Waals surface area (Å²) in [5, 5.41) is 3.06. The molecule has 0 bridgehead atoms. The molecule has 0 aliphatic carbocycles. The van der Waals surface area contributed by atoms with E-state index in [9.17, 15) is 9.18 Å². The molecule has 0 aliphatic heterocycles. The molecular formula is C26H26FN3O4. The second kappa shape index (κ2) is 10.2. The number of carbonyl (C=O) groups is 1. The highest BCUT2D eigenvalue weighted by Gasteiger charge is 2.22. The van der Waals surface area contributed by atoms with Crippen LogP contribution in [0.15, 0.2) is 71.4 Å². The smallest absolute Gasteiger partial charge is 0.221 e. The highest BCUT2D eigenvalue weighted by molar-refractivity contribution is 5.77. The SMILES string of the molecule is COc1cc(OC)cc(C(NC(=O)CCc2ccc(-c3ccccc3F)o2)c2nccn2C)c1. The first-order valence-corrected chi connectivity index (χ1v) is 10.8. The Kier molecular flexibility index (Phi) is 6.96. The van der Waals surface area contributed by atoms with Crippen LogP contribution in [-0.4, -0.2) is 29.7 Å². The van der Waals surface area contributed by atoms with E-state index in [2.05, 4.69) is 10.3 Å². The Hall–Kier alpha value is -4.07. The number of aryl methyl sites for hydroxylation is 2. The van der Waals surface area contributed by atoms with E-state index < -0.39 is 6.04 Å². The van der Waals surface area contributed by atoms with Crippen LogP contribution >= 0.6 is 0 Å². The number of furan rings is 1. The Bertz CT molecular complexity index is 1260. The lowest BCUT2D eigenvalue weighted by Crippen LogP contribution is -2.31.